The highest BCUT2D eigenvalue weighted by atomic mass is 32.2. The Kier molecular flexibility index (Phi) is 7.59. The molecule has 0 radical (unpaired) electrons. The van der Waals surface area contributed by atoms with Crippen LogP contribution in [0.3, 0.4) is 0 Å². The van der Waals surface area contributed by atoms with Gasteiger partial charge in [-0.15, -0.1) is 0 Å². The number of carbonyl (C=O) groups excluding carboxylic acids is 2. The minimum atomic E-state index is -4.16. The van der Waals surface area contributed by atoms with Crippen LogP contribution in [0, 0.1) is 13.8 Å². The average molecular weight is 517 g/mol. The van der Waals surface area contributed by atoms with Gasteiger partial charge in [0.05, 0.1) is 28.4 Å². The highest BCUT2D eigenvalue weighted by Gasteiger charge is 2.30. The van der Waals surface area contributed by atoms with Crippen LogP contribution in [0.25, 0.3) is 10.8 Å². The molecule has 0 heterocycles. The van der Waals surface area contributed by atoms with E-state index in [-0.39, 0.29) is 22.8 Å². The summed E-state index contributed by atoms with van der Waals surface area (Å²) < 4.78 is 34.5. The normalized spacial score (nSPS) is 11.2. The third-order valence-electron chi connectivity index (χ3n) is 6.15. The first-order valence-corrected chi connectivity index (χ1v) is 13.3. The molecule has 0 aromatic heterocycles. The Hall–Kier alpha value is -4.17. The highest BCUT2D eigenvalue weighted by Crippen LogP contribution is 2.32. The van der Waals surface area contributed by atoms with E-state index in [0.29, 0.717) is 11.1 Å². The fraction of sp³-hybridized carbons (Fsp3) is 0.172. The van der Waals surface area contributed by atoms with Crippen molar-refractivity contribution < 1.29 is 22.7 Å². The quantitative estimate of drug-likeness (QED) is 0.314. The van der Waals surface area contributed by atoms with Gasteiger partial charge in [0.1, 0.15) is 6.54 Å². The Labute approximate surface area is 216 Å². The maximum absolute atomic E-state index is 14.1. The molecule has 1 amide bonds. The van der Waals surface area contributed by atoms with Crippen LogP contribution in [-0.4, -0.2) is 33.4 Å². The number of esters is 1. The van der Waals surface area contributed by atoms with Crippen LogP contribution in [0.2, 0.25) is 0 Å². The lowest BCUT2D eigenvalue weighted by Crippen LogP contribution is -2.39. The summed E-state index contributed by atoms with van der Waals surface area (Å²) in [7, 11) is -4.16. The van der Waals surface area contributed by atoms with E-state index in [1.54, 1.807) is 67.6 Å². The number of aryl methyl sites for hydroxylation is 1. The molecule has 190 valence electrons. The number of ether oxygens (including phenoxy) is 1. The minimum Gasteiger partial charge on any atom is -0.462 e. The molecule has 0 aliphatic rings. The van der Waals surface area contributed by atoms with Gasteiger partial charge in [-0.2, -0.15) is 0 Å². The van der Waals surface area contributed by atoms with Gasteiger partial charge in [0.2, 0.25) is 5.91 Å². The van der Waals surface area contributed by atoms with E-state index < -0.39 is 28.4 Å². The van der Waals surface area contributed by atoms with Crippen LogP contribution in [-0.2, 0) is 19.6 Å². The van der Waals surface area contributed by atoms with Gasteiger partial charge in [-0.25, -0.2) is 13.2 Å². The number of carbonyl (C=O) groups is 2. The fourth-order valence-corrected chi connectivity index (χ4v) is 5.84. The number of amides is 1. The molecular weight excluding hydrogens is 488 g/mol. The lowest BCUT2D eigenvalue weighted by Gasteiger charge is -2.27. The summed E-state index contributed by atoms with van der Waals surface area (Å²) in [5.74, 6) is -1.17. The van der Waals surface area contributed by atoms with Crippen molar-refractivity contribution in [3.05, 3.63) is 102 Å². The summed E-state index contributed by atoms with van der Waals surface area (Å²) in [6.45, 7) is 5.10. The Morgan fingerprint density at radius 1 is 0.865 bits per heavy atom. The van der Waals surface area contributed by atoms with Crippen LogP contribution in [0.5, 0.6) is 0 Å². The van der Waals surface area contributed by atoms with Crippen molar-refractivity contribution in [3.63, 3.8) is 0 Å². The van der Waals surface area contributed by atoms with Crippen molar-refractivity contribution in [1.82, 2.24) is 0 Å². The van der Waals surface area contributed by atoms with E-state index in [2.05, 4.69) is 5.32 Å². The van der Waals surface area contributed by atoms with Gasteiger partial charge in [0.15, 0.2) is 0 Å². The van der Waals surface area contributed by atoms with Gasteiger partial charge in [-0.05, 0) is 61.5 Å². The summed E-state index contributed by atoms with van der Waals surface area (Å²) in [4.78, 5) is 25.8. The molecule has 1 N–H and O–H groups in total. The zero-order valence-corrected chi connectivity index (χ0v) is 21.7. The van der Waals surface area contributed by atoms with E-state index in [1.807, 2.05) is 38.1 Å². The van der Waals surface area contributed by atoms with Crippen LogP contribution in [0.1, 0.15) is 28.4 Å². The number of fused-ring (bicyclic) bond motifs is 1. The average Bonchev–Trinajstić information content (AvgIpc) is 2.89. The Bertz CT molecular complexity index is 1580. The summed E-state index contributed by atoms with van der Waals surface area (Å²) in [5.41, 5.74) is 2.47. The van der Waals surface area contributed by atoms with Crippen LogP contribution >= 0.6 is 0 Å². The Morgan fingerprint density at radius 2 is 1.54 bits per heavy atom. The molecule has 0 fully saturated rings. The molecule has 0 atom stereocenters. The Morgan fingerprint density at radius 3 is 2.32 bits per heavy atom. The number of benzene rings is 4. The monoisotopic (exact) mass is 516 g/mol. The van der Waals surface area contributed by atoms with E-state index in [0.717, 1.165) is 20.8 Å². The maximum Gasteiger partial charge on any atom is 0.340 e. The number of anilines is 2. The molecule has 0 aliphatic heterocycles. The number of nitrogens with one attached hydrogen (secondary N) is 1. The first-order chi connectivity index (χ1) is 17.7. The Balaban J connectivity index is 1.77. The second-order valence-electron chi connectivity index (χ2n) is 8.52. The first-order valence-electron chi connectivity index (χ1n) is 11.9. The molecule has 8 heteroatoms. The number of sulfonamides is 1. The molecule has 0 aliphatic carbocycles. The van der Waals surface area contributed by atoms with Gasteiger partial charge in [-0.3, -0.25) is 9.10 Å². The number of hydrogen-bond donors (Lipinski definition) is 1. The summed E-state index contributed by atoms with van der Waals surface area (Å²) in [6, 6.07) is 24.1. The SMILES string of the molecule is CCOC(=O)c1ccccc1NC(=O)CN(c1cccc(C)c1C)S(=O)(=O)c1cccc2ccccc12. The third-order valence-corrected chi connectivity index (χ3v) is 7.96. The van der Waals surface area contributed by atoms with E-state index in [9.17, 15) is 18.0 Å². The second kappa shape index (κ2) is 10.8. The van der Waals surface area contributed by atoms with Crippen LogP contribution in [0.15, 0.2) is 89.8 Å². The highest BCUT2D eigenvalue weighted by molar-refractivity contribution is 7.93. The van der Waals surface area contributed by atoms with E-state index in [1.165, 1.54) is 0 Å². The number of para-hydroxylation sites is 1. The maximum atomic E-state index is 14.1. The van der Waals surface area contributed by atoms with Crippen molar-refractivity contribution in [1.29, 1.82) is 0 Å². The molecule has 0 saturated carbocycles. The predicted octanol–water partition coefficient (Wildman–Crippen LogP) is 5.47. The zero-order valence-electron chi connectivity index (χ0n) is 20.9. The second-order valence-corrected chi connectivity index (χ2v) is 10.4. The lowest BCUT2D eigenvalue weighted by molar-refractivity contribution is -0.114. The topological polar surface area (TPSA) is 92.8 Å². The molecule has 0 saturated heterocycles. The zero-order chi connectivity index (χ0) is 26.6. The van der Waals surface area contributed by atoms with Crippen LogP contribution in [0.4, 0.5) is 11.4 Å². The van der Waals surface area contributed by atoms with Crippen molar-refractivity contribution in [2.24, 2.45) is 0 Å². The number of nitrogens with zero attached hydrogens (tertiary/aromatic N) is 1. The van der Waals surface area contributed by atoms with Crippen LogP contribution < -0.4 is 9.62 Å². The molecule has 4 aromatic rings. The lowest BCUT2D eigenvalue weighted by atomic mass is 10.1. The largest absolute Gasteiger partial charge is 0.462 e. The smallest absolute Gasteiger partial charge is 0.340 e. The van der Waals surface area contributed by atoms with Crippen molar-refractivity contribution in [2.75, 3.05) is 22.8 Å². The van der Waals surface area contributed by atoms with Gasteiger partial charge in [0, 0.05) is 5.39 Å². The molecule has 4 rings (SSSR count). The summed E-state index contributed by atoms with van der Waals surface area (Å²) in [5, 5.41) is 4.04. The number of rotatable bonds is 8. The van der Waals surface area contributed by atoms with Gasteiger partial charge in [0.25, 0.3) is 10.0 Å². The summed E-state index contributed by atoms with van der Waals surface area (Å²) >= 11 is 0. The standard InChI is InChI=1S/C29H28N2O5S/c1-4-36-29(33)24-15-7-8-16-25(24)30-28(32)19-31(26-17-9-11-20(2)21(26)3)37(34,35)27-18-10-13-22-12-5-6-14-23(22)27/h5-18H,4,19H2,1-3H3,(H,30,32). The fourth-order valence-electron chi connectivity index (χ4n) is 4.14. The first kappa shape index (κ1) is 25.9. The summed E-state index contributed by atoms with van der Waals surface area (Å²) in [6.07, 6.45) is 0. The third kappa shape index (κ3) is 5.34. The molecule has 7 nitrogen and oxygen atoms in total. The van der Waals surface area contributed by atoms with Crippen molar-refractivity contribution in [2.45, 2.75) is 25.7 Å². The molecule has 0 bridgehead atoms. The van der Waals surface area contributed by atoms with Gasteiger partial charge < -0.3 is 10.1 Å². The number of hydrogen-bond acceptors (Lipinski definition) is 5. The van der Waals surface area contributed by atoms with Crippen molar-refractivity contribution in [3.8, 4) is 0 Å². The van der Waals surface area contributed by atoms with E-state index in [4.69, 9.17) is 4.74 Å². The molecule has 0 spiro atoms. The predicted molar refractivity (Wildman–Crippen MR) is 145 cm³/mol. The van der Waals surface area contributed by atoms with E-state index >= 15 is 0 Å². The molecule has 4 aromatic carbocycles. The minimum absolute atomic E-state index is 0.103. The molecule has 37 heavy (non-hydrogen) atoms. The van der Waals surface area contributed by atoms with Crippen molar-refractivity contribution >= 4 is 44.0 Å². The molecule has 0 unspecified atom stereocenters. The van der Waals surface area contributed by atoms with Gasteiger partial charge >= 0.3 is 5.97 Å². The molecular formula is C29H28N2O5S. The van der Waals surface area contributed by atoms with Gasteiger partial charge in [-0.1, -0.05) is 60.7 Å².